The number of fused-ring (bicyclic) bond motifs is 3. The van der Waals surface area contributed by atoms with Crippen LogP contribution >= 0.6 is 0 Å². The van der Waals surface area contributed by atoms with Crippen LogP contribution in [0.4, 0.5) is 0 Å². The van der Waals surface area contributed by atoms with E-state index in [2.05, 4.69) is 0 Å². The molecule has 6 heteroatoms. The van der Waals surface area contributed by atoms with Crippen molar-refractivity contribution >= 4 is 39.5 Å². The largest absolute Gasteiger partial charge is 0.465 e. The van der Waals surface area contributed by atoms with Gasteiger partial charge in [-0.05, 0) is 79.6 Å². The number of benzene rings is 2. The Balaban J connectivity index is 1.42. The van der Waals surface area contributed by atoms with Crippen LogP contribution in [0.3, 0.4) is 0 Å². The lowest BCUT2D eigenvalue weighted by Crippen LogP contribution is -2.16. The number of para-hydroxylation sites is 1. The third-order valence-corrected chi connectivity index (χ3v) is 7.11. The van der Waals surface area contributed by atoms with Gasteiger partial charge in [0.1, 0.15) is 18.0 Å². The minimum atomic E-state index is -0.466. The number of carbonyl (C=O) groups is 1. The van der Waals surface area contributed by atoms with Gasteiger partial charge in [-0.25, -0.2) is 14.6 Å². The molecule has 3 aromatic heterocycles. The van der Waals surface area contributed by atoms with Gasteiger partial charge in [-0.2, -0.15) is 0 Å². The minimum Gasteiger partial charge on any atom is -0.465 e. The molecule has 5 aromatic rings. The third-order valence-electron chi connectivity index (χ3n) is 7.11. The first kappa shape index (κ1) is 23.0. The Hall–Kier alpha value is -4.45. The first-order valence-electron chi connectivity index (χ1n) is 12.4. The summed E-state index contributed by atoms with van der Waals surface area (Å²) in [5.74, 6) is 0.321. The first-order valence-corrected chi connectivity index (χ1v) is 12.4. The number of nitrogens with zero attached hydrogens (tertiary/aromatic N) is 1. The summed E-state index contributed by atoms with van der Waals surface area (Å²) >= 11 is 0. The van der Waals surface area contributed by atoms with Crippen molar-refractivity contribution in [3.63, 3.8) is 0 Å². The summed E-state index contributed by atoms with van der Waals surface area (Å²) in [5, 5.41) is 1.52. The van der Waals surface area contributed by atoms with E-state index in [1.165, 1.54) is 6.07 Å². The minimum absolute atomic E-state index is 0.0377. The zero-order chi connectivity index (χ0) is 25.5. The molecule has 0 N–H and O–H groups in total. The molecular weight excluding hydrogens is 466 g/mol. The molecule has 0 amide bonds. The highest BCUT2D eigenvalue weighted by Gasteiger charge is 2.26. The van der Waals surface area contributed by atoms with Gasteiger partial charge < -0.3 is 13.6 Å². The number of rotatable bonds is 4. The summed E-state index contributed by atoms with van der Waals surface area (Å²) in [6.07, 6.45) is 6.10. The Kier molecular flexibility index (Phi) is 5.72. The lowest BCUT2D eigenvalue weighted by molar-refractivity contribution is 0.0474. The second-order valence-corrected chi connectivity index (χ2v) is 9.42. The van der Waals surface area contributed by atoms with E-state index in [0.29, 0.717) is 16.7 Å². The highest BCUT2D eigenvalue weighted by Crippen LogP contribution is 2.36. The molecule has 37 heavy (non-hydrogen) atoms. The molecule has 6 rings (SSSR count). The summed E-state index contributed by atoms with van der Waals surface area (Å²) in [6, 6.07) is 16.7. The molecular formula is C31H25NO5. The van der Waals surface area contributed by atoms with Crippen LogP contribution in [-0.4, -0.2) is 11.0 Å². The second-order valence-electron chi connectivity index (χ2n) is 9.42. The number of aryl methyl sites for hydroxylation is 2. The number of hydrogen-bond acceptors (Lipinski definition) is 6. The average Bonchev–Trinajstić information content (AvgIpc) is 3.41. The highest BCUT2D eigenvalue weighted by atomic mass is 16.5. The Labute approximate surface area is 213 Å². The Morgan fingerprint density at radius 3 is 2.76 bits per heavy atom. The number of allylic oxidation sites excluding steroid dienone is 1. The van der Waals surface area contributed by atoms with E-state index in [1.807, 2.05) is 68.5 Å². The normalized spacial score (nSPS) is 14.3. The molecule has 1 aliphatic rings. The molecule has 184 valence electrons. The Morgan fingerprint density at radius 2 is 1.92 bits per heavy atom. The molecule has 0 fully saturated rings. The molecule has 3 heterocycles. The molecule has 6 nitrogen and oxygen atoms in total. The molecule has 2 aromatic carbocycles. The SMILES string of the molecule is Cc1ccc2c(COC(=O)c3c4c(nc5ccccc35)C(=Cc3ccco3)CCC4)cc(=O)oc2c1C. The molecule has 0 saturated heterocycles. The van der Waals surface area contributed by atoms with E-state index in [0.717, 1.165) is 69.3 Å². The summed E-state index contributed by atoms with van der Waals surface area (Å²) in [6.45, 7) is 3.84. The summed E-state index contributed by atoms with van der Waals surface area (Å²) in [4.78, 5) is 30.9. The topological polar surface area (TPSA) is 82.5 Å². The van der Waals surface area contributed by atoms with Crippen LogP contribution in [0.15, 0.2) is 74.5 Å². The lowest BCUT2D eigenvalue weighted by Gasteiger charge is -2.22. The number of pyridine rings is 1. The highest BCUT2D eigenvalue weighted by molar-refractivity contribution is 6.06. The van der Waals surface area contributed by atoms with Crippen molar-refractivity contribution in [3.8, 4) is 0 Å². The maximum absolute atomic E-state index is 13.7. The van der Waals surface area contributed by atoms with Gasteiger partial charge in [-0.15, -0.1) is 0 Å². The van der Waals surface area contributed by atoms with Crippen molar-refractivity contribution in [3.05, 3.63) is 111 Å². The maximum atomic E-state index is 13.7. The molecule has 0 saturated carbocycles. The van der Waals surface area contributed by atoms with Gasteiger partial charge in [0.15, 0.2) is 0 Å². The Morgan fingerprint density at radius 1 is 1.05 bits per heavy atom. The standard InChI is InChI=1S/C31H25NO5/c1-18-12-13-23-21(16-27(33)37-30(23)19(18)2)17-36-31(34)28-24-9-3-4-11-26(24)32-29-20(7-5-10-25(28)29)15-22-8-6-14-35-22/h3-4,6,8-9,11-16H,5,7,10,17H2,1-2H3. The smallest absolute Gasteiger partial charge is 0.339 e. The molecule has 0 spiro atoms. The fourth-order valence-electron chi connectivity index (χ4n) is 5.11. The number of hydrogen-bond donors (Lipinski definition) is 0. The van der Waals surface area contributed by atoms with Gasteiger partial charge in [0.25, 0.3) is 0 Å². The van der Waals surface area contributed by atoms with Gasteiger partial charge in [0.2, 0.25) is 0 Å². The fraction of sp³-hybridized carbons (Fsp3) is 0.194. The third kappa shape index (κ3) is 4.14. The second kappa shape index (κ2) is 9.21. The van der Waals surface area contributed by atoms with E-state index in [-0.39, 0.29) is 6.61 Å². The predicted molar refractivity (Wildman–Crippen MR) is 142 cm³/mol. The molecule has 0 unspecified atom stereocenters. The fourth-order valence-corrected chi connectivity index (χ4v) is 5.11. The van der Waals surface area contributed by atoms with Gasteiger partial charge in [-0.3, -0.25) is 0 Å². The van der Waals surface area contributed by atoms with Crippen molar-refractivity contribution < 1.29 is 18.4 Å². The number of aromatic nitrogens is 1. The summed E-state index contributed by atoms with van der Waals surface area (Å²) in [5.41, 5.74) is 6.60. The molecule has 0 radical (unpaired) electrons. The van der Waals surface area contributed by atoms with Crippen molar-refractivity contribution in [2.45, 2.75) is 39.7 Å². The van der Waals surface area contributed by atoms with Crippen LogP contribution in [0.1, 0.15) is 56.9 Å². The Bertz CT molecular complexity index is 1760. The van der Waals surface area contributed by atoms with E-state index in [1.54, 1.807) is 6.26 Å². The van der Waals surface area contributed by atoms with Gasteiger partial charge in [0, 0.05) is 22.4 Å². The van der Waals surface area contributed by atoms with Crippen LogP contribution in [0.2, 0.25) is 0 Å². The molecule has 0 bridgehead atoms. The summed E-state index contributed by atoms with van der Waals surface area (Å²) < 4.78 is 16.9. The summed E-state index contributed by atoms with van der Waals surface area (Å²) in [7, 11) is 0. The first-order chi connectivity index (χ1) is 18.0. The van der Waals surface area contributed by atoms with E-state index in [4.69, 9.17) is 18.6 Å². The van der Waals surface area contributed by atoms with E-state index in [9.17, 15) is 9.59 Å². The quantitative estimate of drug-likeness (QED) is 0.203. The van der Waals surface area contributed by atoms with Gasteiger partial charge in [0.05, 0.1) is 23.0 Å². The van der Waals surface area contributed by atoms with Crippen LogP contribution < -0.4 is 5.63 Å². The van der Waals surface area contributed by atoms with E-state index < -0.39 is 11.6 Å². The van der Waals surface area contributed by atoms with Crippen molar-refractivity contribution in [1.29, 1.82) is 0 Å². The molecule has 1 aliphatic carbocycles. The van der Waals surface area contributed by atoms with Gasteiger partial charge in [-0.1, -0.05) is 30.3 Å². The van der Waals surface area contributed by atoms with Crippen LogP contribution in [0.25, 0.3) is 33.5 Å². The van der Waals surface area contributed by atoms with Crippen LogP contribution in [-0.2, 0) is 17.8 Å². The number of esters is 1. The average molecular weight is 492 g/mol. The maximum Gasteiger partial charge on any atom is 0.339 e. The molecule has 0 aliphatic heterocycles. The van der Waals surface area contributed by atoms with Gasteiger partial charge >= 0.3 is 11.6 Å². The number of furan rings is 1. The zero-order valence-electron chi connectivity index (χ0n) is 20.7. The predicted octanol–water partition coefficient (Wildman–Crippen LogP) is 6.78. The zero-order valence-corrected chi connectivity index (χ0v) is 20.7. The van der Waals surface area contributed by atoms with Crippen molar-refractivity contribution in [1.82, 2.24) is 4.98 Å². The van der Waals surface area contributed by atoms with Crippen LogP contribution in [0.5, 0.6) is 0 Å². The monoisotopic (exact) mass is 491 g/mol. The van der Waals surface area contributed by atoms with E-state index >= 15 is 0 Å². The number of ether oxygens (including phenoxy) is 1. The van der Waals surface area contributed by atoms with Crippen LogP contribution in [0, 0.1) is 13.8 Å². The van der Waals surface area contributed by atoms with Crippen molar-refractivity contribution in [2.75, 3.05) is 0 Å². The molecule has 0 atom stereocenters. The lowest BCUT2D eigenvalue weighted by atomic mass is 9.86. The van der Waals surface area contributed by atoms with Crippen molar-refractivity contribution in [2.24, 2.45) is 0 Å². The number of carbonyl (C=O) groups excluding carboxylic acids is 1.